The normalized spacial score (nSPS) is 26.1. The Hall–Kier alpha value is -1.40. The lowest BCUT2D eigenvalue weighted by Gasteiger charge is -2.18. The predicted molar refractivity (Wildman–Crippen MR) is 55.7 cm³/mol. The highest BCUT2D eigenvalue weighted by Crippen LogP contribution is 2.21. The average Bonchev–Trinajstić information content (AvgIpc) is 2.75. The zero-order valence-electron chi connectivity index (χ0n) is 9.14. The van der Waals surface area contributed by atoms with Crippen molar-refractivity contribution in [2.75, 3.05) is 13.1 Å². The van der Waals surface area contributed by atoms with Crippen LogP contribution < -0.4 is 5.73 Å². The van der Waals surface area contributed by atoms with Gasteiger partial charge in [0.25, 0.3) is 0 Å². The van der Waals surface area contributed by atoms with Crippen LogP contribution in [-0.2, 0) is 11.3 Å². The zero-order valence-corrected chi connectivity index (χ0v) is 9.14. The van der Waals surface area contributed by atoms with Crippen LogP contribution in [0.15, 0.2) is 10.6 Å². The topological polar surface area (TPSA) is 92.6 Å². The minimum absolute atomic E-state index is 0.349. The summed E-state index contributed by atoms with van der Waals surface area (Å²) >= 11 is 0. The maximum absolute atomic E-state index is 10.9. The molecule has 16 heavy (non-hydrogen) atoms. The van der Waals surface area contributed by atoms with Gasteiger partial charge in [0, 0.05) is 19.2 Å². The van der Waals surface area contributed by atoms with Gasteiger partial charge in [-0.1, -0.05) is 5.16 Å². The highest BCUT2D eigenvalue weighted by molar-refractivity contribution is 5.79. The summed E-state index contributed by atoms with van der Waals surface area (Å²) in [6.45, 7) is 3.43. The molecule has 0 aliphatic carbocycles. The molecule has 1 fully saturated rings. The second kappa shape index (κ2) is 3.88. The largest absolute Gasteiger partial charge is 0.480 e. The van der Waals surface area contributed by atoms with Crippen molar-refractivity contribution >= 4 is 5.97 Å². The number of nitrogens with zero attached hydrogens (tertiary/aromatic N) is 2. The summed E-state index contributed by atoms with van der Waals surface area (Å²) < 4.78 is 5.07. The van der Waals surface area contributed by atoms with Gasteiger partial charge >= 0.3 is 5.97 Å². The summed E-state index contributed by atoms with van der Waals surface area (Å²) in [6.07, 6.45) is 0.468. The van der Waals surface area contributed by atoms with Gasteiger partial charge in [-0.3, -0.25) is 9.69 Å². The Morgan fingerprint density at radius 1 is 1.81 bits per heavy atom. The van der Waals surface area contributed by atoms with E-state index in [-0.39, 0.29) is 0 Å². The molecule has 0 spiro atoms. The number of rotatable bonds is 3. The number of aromatic nitrogens is 1. The second-order valence-corrected chi connectivity index (χ2v) is 4.36. The molecule has 0 saturated carbocycles. The summed E-state index contributed by atoms with van der Waals surface area (Å²) in [5.74, 6) is -0.198. The number of aliphatic carboxylic acids is 1. The minimum atomic E-state index is -1.12. The molecule has 6 heteroatoms. The molecule has 1 aromatic rings. The van der Waals surface area contributed by atoms with Crippen molar-refractivity contribution < 1.29 is 14.4 Å². The average molecular weight is 225 g/mol. The van der Waals surface area contributed by atoms with Gasteiger partial charge in [0.1, 0.15) is 5.54 Å². The third-order valence-corrected chi connectivity index (χ3v) is 2.86. The molecule has 1 aliphatic heterocycles. The molecule has 2 heterocycles. The fourth-order valence-electron chi connectivity index (χ4n) is 1.94. The van der Waals surface area contributed by atoms with E-state index in [2.05, 4.69) is 5.16 Å². The highest BCUT2D eigenvalue weighted by atomic mass is 16.5. The van der Waals surface area contributed by atoms with E-state index in [4.69, 9.17) is 15.4 Å². The number of hydrogen-bond acceptors (Lipinski definition) is 5. The summed E-state index contributed by atoms with van der Waals surface area (Å²) in [5.41, 5.74) is 5.47. The molecule has 0 radical (unpaired) electrons. The number of likely N-dealkylation sites (tertiary alicyclic amines) is 1. The minimum Gasteiger partial charge on any atom is -0.480 e. The summed E-state index contributed by atoms with van der Waals surface area (Å²) in [5, 5.41) is 12.8. The SMILES string of the molecule is Cc1cc(CN2CCC(N)(C(=O)O)C2)on1. The monoisotopic (exact) mass is 225 g/mol. The van der Waals surface area contributed by atoms with Crippen molar-refractivity contribution in [2.24, 2.45) is 5.73 Å². The Morgan fingerprint density at radius 2 is 2.56 bits per heavy atom. The highest BCUT2D eigenvalue weighted by Gasteiger charge is 2.41. The maximum atomic E-state index is 10.9. The van der Waals surface area contributed by atoms with Gasteiger partial charge in [-0.25, -0.2) is 0 Å². The first-order valence-electron chi connectivity index (χ1n) is 5.16. The van der Waals surface area contributed by atoms with Gasteiger partial charge < -0.3 is 15.4 Å². The molecular weight excluding hydrogens is 210 g/mol. The quantitative estimate of drug-likeness (QED) is 0.750. The molecule has 1 unspecified atom stereocenters. The first-order valence-corrected chi connectivity index (χ1v) is 5.16. The van der Waals surface area contributed by atoms with Crippen LogP contribution in [0.4, 0.5) is 0 Å². The van der Waals surface area contributed by atoms with Gasteiger partial charge in [-0.15, -0.1) is 0 Å². The van der Waals surface area contributed by atoms with Crippen molar-refractivity contribution in [3.8, 4) is 0 Å². The molecule has 1 saturated heterocycles. The maximum Gasteiger partial charge on any atom is 0.325 e. The van der Waals surface area contributed by atoms with E-state index in [1.54, 1.807) is 0 Å². The Bertz CT molecular complexity index is 404. The fraction of sp³-hybridized carbons (Fsp3) is 0.600. The molecule has 0 aromatic carbocycles. The molecule has 0 amide bonds. The summed E-state index contributed by atoms with van der Waals surface area (Å²) in [4.78, 5) is 12.9. The smallest absolute Gasteiger partial charge is 0.325 e. The number of carboxylic acids is 1. The summed E-state index contributed by atoms with van der Waals surface area (Å²) in [7, 11) is 0. The van der Waals surface area contributed by atoms with Gasteiger partial charge in [-0.2, -0.15) is 0 Å². The van der Waals surface area contributed by atoms with Crippen LogP contribution in [0, 0.1) is 6.92 Å². The molecular formula is C10H15N3O3. The lowest BCUT2D eigenvalue weighted by Crippen LogP contribution is -2.49. The van der Waals surface area contributed by atoms with Crippen LogP contribution in [-0.4, -0.2) is 39.8 Å². The number of aryl methyl sites for hydroxylation is 1. The standard InChI is InChI=1S/C10H15N3O3/c1-7-4-8(16-12-7)5-13-3-2-10(11,6-13)9(14)15/h4H,2-3,5-6,11H2,1H3,(H,14,15). The van der Waals surface area contributed by atoms with Gasteiger partial charge in [0.15, 0.2) is 5.76 Å². The Labute approximate surface area is 93.0 Å². The Morgan fingerprint density at radius 3 is 3.06 bits per heavy atom. The third-order valence-electron chi connectivity index (χ3n) is 2.86. The van der Waals surface area contributed by atoms with E-state index >= 15 is 0 Å². The summed E-state index contributed by atoms with van der Waals surface area (Å²) in [6, 6.07) is 1.84. The fourth-order valence-corrected chi connectivity index (χ4v) is 1.94. The lowest BCUT2D eigenvalue weighted by atomic mass is 10.0. The Kier molecular flexibility index (Phi) is 2.69. The molecule has 1 aromatic heterocycles. The third kappa shape index (κ3) is 2.07. The van der Waals surface area contributed by atoms with E-state index in [0.29, 0.717) is 26.1 Å². The van der Waals surface area contributed by atoms with Gasteiger partial charge in [0.05, 0.1) is 12.2 Å². The van der Waals surface area contributed by atoms with Crippen molar-refractivity contribution in [3.05, 3.63) is 17.5 Å². The van der Waals surface area contributed by atoms with Crippen LogP contribution >= 0.6 is 0 Å². The van der Waals surface area contributed by atoms with Crippen molar-refractivity contribution in [1.29, 1.82) is 0 Å². The molecule has 88 valence electrons. The Balaban J connectivity index is 1.97. The predicted octanol–water partition coefficient (Wildman–Crippen LogP) is -0.0292. The van der Waals surface area contributed by atoms with Crippen LogP contribution in [0.5, 0.6) is 0 Å². The van der Waals surface area contributed by atoms with Crippen LogP contribution in [0.25, 0.3) is 0 Å². The van der Waals surface area contributed by atoms with Crippen molar-refractivity contribution in [3.63, 3.8) is 0 Å². The molecule has 6 nitrogen and oxygen atoms in total. The van der Waals surface area contributed by atoms with Crippen LogP contribution in [0.3, 0.4) is 0 Å². The number of carboxylic acid groups (broad SMARTS) is 1. The van der Waals surface area contributed by atoms with E-state index < -0.39 is 11.5 Å². The molecule has 2 rings (SSSR count). The van der Waals surface area contributed by atoms with Crippen LogP contribution in [0.1, 0.15) is 17.9 Å². The van der Waals surface area contributed by atoms with Crippen LogP contribution in [0.2, 0.25) is 0 Å². The van der Waals surface area contributed by atoms with E-state index in [0.717, 1.165) is 11.5 Å². The van der Waals surface area contributed by atoms with E-state index in [1.165, 1.54) is 0 Å². The molecule has 3 N–H and O–H groups in total. The van der Waals surface area contributed by atoms with Gasteiger partial charge in [0.2, 0.25) is 0 Å². The van der Waals surface area contributed by atoms with Gasteiger partial charge in [-0.05, 0) is 13.3 Å². The van der Waals surface area contributed by atoms with E-state index in [1.807, 2.05) is 17.9 Å². The van der Waals surface area contributed by atoms with Crippen molar-refractivity contribution in [1.82, 2.24) is 10.1 Å². The number of nitrogens with two attached hydrogens (primary N) is 1. The zero-order chi connectivity index (χ0) is 11.8. The molecule has 1 aliphatic rings. The number of carbonyl (C=O) groups is 1. The number of hydrogen-bond donors (Lipinski definition) is 2. The van der Waals surface area contributed by atoms with E-state index in [9.17, 15) is 4.79 Å². The second-order valence-electron chi connectivity index (χ2n) is 4.36. The molecule has 0 bridgehead atoms. The first-order chi connectivity index (χ1) is 7.49. The lowest BCUT2D eigenvalue weighted by molar-refractivity contribution is -0.142. The van der Waals surface area contributed by atoms with Crippen molar-refractivity contribution in [2.45, 2.75) is 25.4 Å². The molecule has 1 atom stereocenters. The first kappa shape index (κ1) is 11.1.